The van der Waals surface area contributed by atoms with Crippen molar-refractivity contribution >= 4 is 29.3 Å². The zero-order chi connectivity index (χ0) is 22.6. The minimum atomic E-state index is -0.540. The van der Waals surface area contributed by atoms with Gasteiger partial charge >= 0.3 is 6.09 Å². The van der Waals surface area contributed by atoms with Crippen LogP contribution in [0.5, 0.6) is 0 Å². The molecule has 0 atom stereocenters. The Bertz CT molecular complexity index is 679. The van der Waals surface area contributed by atoms with E-state index in [9.17, 15) is 9.59 Å². The number of nitrogens with one attached hydrogen (secondary N) is 4. The summed E-state index contributed by atoms with van der Waals surface area (Å²) in [4.78, 5) is 29.1. The molecule has 1 aromatic rings. The predicted octanol–water partition coefficient (Wildman–Crippen LogP) is 3.12. The van der Waals surface area contributed by atoms with Crippen LogP contribution in [0.4, 0.5) is 4.79 Å². The first-order valence-electron chi connectivity index (χ1n) is 10.4. The first-order chi connectivity index (χ1) is 14.1. The van der Waals surface area contributed by atoms with Crippen LogP contribution in [0.1, 0.15) is 63.6 Å². The third-order valence-electron chi connectivity index (χ3n) is 4.61. The van der Waals surface area contributed by atoms with Crippen LogP contribution >= 0.6 is 11.3 Å². The zero-order valence-corrected chi connectivity index (χ0v) is 19.9. The Labute approximate surface area is 184 Å². The minimum absolute atomic E-state index is 0.0450. The lowest BCUT2D eigenvalue weighted by molar-refractivity contribution is 0.0448. The predicted molar refractivity (Wildman–Crippen MR) is 123 cm³/mol. The van der Waals surface area contributed by atoms with Crippen molar-refractivity contribution in [3.05, 3.63) is 22.4 Å². The third kappa shape index (κ3) is 9.47. The summed E-state index contributed by atoms with van der Waals surface area (Å²) in [6.45, 7) is 11.4. The molecule has 2 amide bonds. The molecule has 0 unspecified atom stereocenters. The fraction of sp³-hybridized carbons (Fsp3) is 0.667. The number of amides is 2. The van der Waals surface area contributed by atoms with Crippen molar-refractivity contribution in [1.29, 1.82) is 0 Å². The van der Waals surface area contributed by atoms with E-state index >= 15 is 0 Å². The largest absolute Gasteiger partial charge is 0.444 e. The Morgan fingerprint density at radius 3 is 2.30 bits per heavy atom. The minimum Gasteiger partial charge on any atom is -0.444 e. The van der Waals surface area contributed by atoms with Gasteiger partial charge in [0.15, 0.2) is 5.96 Å². The molecule has 4 N–H and O–H groups in total. The van der Waals surface area contributed by atoms with Crippen molar-refractivity contribution in [3.8, 4) is 0 Å². The number of guanidine groups is 1. The maximum absolute atomic E-state index is 12.2. The van der Waals surface area contributed by atoms with Gasteiger partial charge in [0.05, 0.1) is 10.4 Å². The summed E-state index contributed by atoms with van der Waals surface area (Å²) in [6, 6.07) is 3.67. The van der Waals surface area contributed by atoms with E-state index in [1.165, 1.54) is 11.3 Å². The highest BCUT2D eigenvalue weighted by Crippen LogP contribution is 2.16. The maximum Gasteiger partial charge on any atom is 0.408 e. The molecule has 9 heteroatoms. The molecule has 0 aromatic carbocycles. The first-order valence-corrected chi connectivity index (χ1v) is 11.3. The number of thiophene rings is 1. The second-order valence-electron chi connectivity index (χ2n) is 8.05. The van der Waals surface area contributed by atoms with Gasteiger partial charge in [-0.3, -0.25) is 9.79 Å². The van der Waals surface area contributed by atoms with Crippen molar-refractivity contribution in [2.45, 2.75) is 65.0 Å². The van der Waals surface area contributed by atoms with Crippen molar-refractivity contribution in [1.82, 2.24) is 21.3 Å². The van der Waals surface area contributed by atoms with Crippen molar-refractivity contribution in [2.24, 2.45) is 4.99 Å². The van der Waals surface area contributed by atoms with Gasteiger partial charge in [-0.2, -0.15) is 0 Å². The molecular formula is C21H37N5O3S. The van der Waals surface area contributed by atoms with E-state index in [-0.39, 0.29) is 5.91 Å². The number of rotatable bonds is 10. The molecule has 0 aliphatic heterocycles. The summed E-state index contributed by atoms with van der Waals surface area (Å²) >= 11 is 1.43. The number of ether oxygens (including phenoxy) is 1. The van der Waals surface area contributed by atoms with E-state index in [1.54, 1.807) is 7.05 Å². The Hall–Kier alpha value is -2.29. The van der Waals surface area contributed by atoms with Gasteiger partial charge < -0.3 is 26.0 Å². The molecule has 1 aromatic heterocycles. The molecule has 30 heavy (non-hydrogen) atoms. The van der Waals surface area contributed by atoms with Crippen LogP contribution in [0, 0.1) is 0 Å². The quantitative estimate of drug-likeness (QED) is 0.255. The van der Waals surface area contributed by atoms with Crippen molar-refractivity contribution < 1.29 is 14.3 Å². The smallest absolute Gasteiger partial charge is 0.408 e. The van der Waals surface area contributed by atoms with E-state index in [0.717, 1.165) is 19.3 Å². The van der Waals surface area contributed by atoms with E-state index in [2.05, 4.69) is 26.3 Å². The van der Waals surface area contributed by atoms with Crippen LogP contribution < -0.4 is 21.3 Å². The standard InChI is InChI=1S/C21H37N5O3S/c1-7-21(8-2,26-19(28)29-20(3,4)5)15-25-18(22-6)24-13-10-12-23-17(27)16-11-9-14-30-16/h9,11,14H,7-8,10,12-13,15H2,1-6H3,(H,23,27)(H,26,28)(H2,22,24,25). The molecule has 1 rings (SSSR count). The van der Waals surface area contributed by atoms with Gasteiger partial charge in [-0.05, 0) is 51.5 Å². The topological polar surface area (TPSA) is 104 Å². The molecule has 170 valence electrons. The van der Waals surface area contributed by atoms with E-state index < -0.39 is 17.2 Å². The van der Waals surface area contributed by atoms with Crippen molar-refractivity contribution in [3.63, 3.8) is 0 Å². The maximum atomic E-state index is 12.2. The van der Waals surface area contributed by atoms with Gasteiger partial charge in [-0.1, -0.05) is 19.9 Å². The second-order valence-corrected chi connectivity index (χ2v) is 9.00. The number of aliphatic imine (C=N–C) groups is 1. The lowest BCUT2D eigenvalue weighted by Crippen LogP contribution is -2.57. The highest BCUT2D eigenvalue weighted by molar-refractivity contribution is 7.12. The number of carbonyl (C=O) groups excluding carboxylic acids is 2. The van der Waals surface area contributed by atoms with Crippen LogP contribution in [0.25, 0.3) is 0 Å². The summed E-state index contributed by atoms with van der Waals surface area (Å²) in [5.41, 5.74) is -0.976. The van der Waals surface area contributed by atoms with Crippen LogP contribution in [-0.2, 0) is 4.74 Å². The molecule has 8 nitrogen and oxygen atoms in total. The fourth-order valence-electron chi connectivity index (χ4n) is 2.71. The van der Waals surface area contributed by atoms with Crippen LogP contribution in [0.15, 0.2) is 22.5 Å². The van der Waals surface area contributed by atoms with E-state index in [1.807, 2.05) is 52.1 Å². The third-order valence-corrected chi connectivity index (χ3v) is 5.48. The second kappa shape index (κ2) is 12.4. The molecule has 0 spiro atoms. The first kappa shape index (κ1) is 25.7. The fourth-order valence-corrected chi connectivity index (χ4v) is 3.35. The van der Waals surface area contributed by atoms with Gasteiger partial charge in [-0.25, -0.2) is 4.79 Å². The molecule has 0 aliphatic rings. The lowest BCUT2D eigenvalue weighted by atomic mass is 9.93. The Kier molecular flexibility index (Phi) is 10.7. The Balaban J connectivity index is 2.41. The molecule has 0 aliphatic carbocycles. The Morgan fingerprint density at radius 1 is 1.10 bits per heavy atom. The van der Waals surface area contributed by atoms with Crippen LogP contribution in [0.3, 0.4) is 0 Å². The molecule has 1 heterocycles. The zero-order valence-electron chi connectivity index (χ0n) is 19.1. The number of nitrogens with zero attached hydrogens (tertiary/aromatic N) is 1. The van der Waals surface area contributed by atoms with E-state index in [4.69, 9.17) is 4.74 Å². The van der Waals surface area contributed by atoms with E-state index in [0.29, 0.717) is 30.5 Å². The average Bonchev–Trinajstić information content (AvgIpc) is 3.22. The average molecular weight is 440 g/mol. The normalized spacial score (nSPS) is 12.3. The van der Waals surface area contributed by atoms with Gasteiger partial charge in [0.1, 0.15) is 5.60 Å². The lowest BCUT2D eigenvalue weighted by Gasteiger charge is -2.34. The summed E-state index contributed by atoms with van der Waals surface area (Å²) in [6.07, 6.45) is 1.85. The molecule has 0 radical (unpaired) electrons. The summed E-state index contributed by atoms with van der Waals surface area (Å²) in [5, 5.41) is 14.3. The Morgan fingerprint density at radius 2 is 1.77 bits per heavy atom. The van der Waals surface area contributed by atoms with Gasteiger partial charge in [0.2, 0.25) is 0 Å². The number of hydrogen-bond donors (Lipinski definition) is 4. The molecule has 0 saturated carbocycles. The van der Waals surface area contributed by atoms with Crippen molar-refractivity contribution in [2.75, 3.05) is 26.7 Å². The molecule has 0 saturated heterocycles. The van der Waals surface area contributed by atoms with Crippen LogP contribution in [-0.4, -0.2) is 55.8 Å². The van der Waals surface area contributed by atoms with Gasteiger partial charge in [-0.15, -0.1) is 11.3 Å². The molecule has 0 bridgehead atoms. The summed E-state index contributed by atoms with van der Waals surface area (Å²) in [5.74, 6) is 0.605. The monoisotopic (exact) mass is 439 g/mol. The number of alkyl carbamates (subject to hydrolysis) is 1. The van der Waals surface area contributed by atoms with Crippen LogP contribution in [0.2, 0.25) is 0 Å². The summed E-state index contributed by atoms with van der Waals surface area (Å²) < 4.78 is 5.41. The molecule has 0 fully saturated rings. The summed E-state index contributed by atoms with van der Waals surface area (Å²) in [7, 11) is 1.70. The number of carbonyl (C=O) groups is 2. The highest BCUT2D eigenvalue weighted by atomic mass is 32.1. The SMILES string of the molecule is CCC(CC)(CNC(=NC)NCCCNC(=O)c1cccs1)NC(=O)OC(C)(C)C. The highest BCUT2D eigenvalue weighted by Gasteiger charge is 2.30. The van der Waals surface area contributed by atoms with Gasteiger partial charge in [0, 0.05) is 26.7 Å². The van der Waals surface area contributed by atoms with Gasteiger partial charge in [0.25, 0.3) is 5.91 Å². The molecular weight excluding hydrogens is 402 g/mol. The number of hydrogen-bond acceptors (Lipinski definition) is 5.